The van der Waals surface area contributed by atoms with Gasteiger partial charge in [-0.05, 0) is 68.9 Å². The molecule has 2 aromatic carbocycles. The molecule has 180 valence electrons. The Labute approximate surface area is 217 Å². The molecule has 0 aliphatic heterocycles. The van der Waals surface area contributed by atoms with E-state index in [-0.39, 0.29) is 5.56 Å². The van der Waals surface area contributed by atoms with Crippen molar-refractivity contribution in [2.75, 3.05) is 0 Å². The fourth-order valence-corrected chi connectivity index (χ4v) is 5.86. The molecule has 7 heteroatoms. The van der Waals surface area contributed by atoms with Crippen LogP contribution in [0.2, 0.25) is 0 Å². The van der Waals surface area contributed by atoms with Crippen LogP contribution in [0.15, 0.2) is 85.9 Å². The van der Waals surface area contributed by atoms with Gasteiger partial charge in [-0.2, -0.15) is 0 Å². The first-order valence-corrected chi connectivity index (χ1v) is 13.7. The van der Waals surface area contributed by atoms with E-state index < -0.39 is 0 Å². The topological polar surface area (TPSA) is 44.2 Å². The van der Waals surface area contributed by atoms with Crippen LogP contribution in [0.3, 0.4) is 0 Å². The van der Waals surface area contributed by atoms with Crippen molar-refractivity contribution >= 4 is 33.0 Å². The summed E-state index contributed by atoms with van der Waals surface area (Å²) in [6, 6.07) is 18.1. The zero-order valence-corrected chi connectivity index (χ0v) is 22.5. The van der Waals surface area contributed by atoms with E-state index in [1.165, 1.54) is 31.3 Å². The Morgan fingerprint density at radius 2 is 1.83 bits per heavy atom. The first-order chi connectivity index (χ1) is 17.0. The maximum Gasteiger partial charge on any atom is 0.297 e. The Bertz CT molecular complexity index is 1490. The zero-order valence-electron chi connectivity index (χ0n) is 20.1. The average molecular weight is 550 g/mol. The molecule has 2 aromatic heterocycles. The summed E-state index contributed by atoms with van der Waals surface area (Å²) < 4.78 is 6.91. The fraction of sp³-hybridized carbons (Fsp3) is 0.286. The van der Waals surface area contributed by atoms with E-state index in [9.17, 15) is 4.79 Å². The molecule has 0 N–H and O–H groups in total. The second-order valence-electron chi connectivity index (χ2n) is 8.94. The lowest BCUT2D eigenvalue weighted by atomic mass is 9.97. The molecular formula is C28H29BrN4OS. The van der Waals surface area contributed by atoms with Gasteiger partial charge in [-0.25, -0.2) is 9.67 Å². The van der Waals surface area contributed by atoms with Crippen molar-refractivity contribution in [3.05, 3.63) is 96.9 Å². The lowest BCUT2D eigenvalue weighted by molar-refractivity contribution is 0.620. The molecule has 0 amide bonds. The number of nitrogens with zero attached hydrogens (tertiary/aromatic N) is 4. The lowest BCUT2D eigenvalue weighted by Gasteiger charge is -2.14. The van der Waals surface area contributed by atoms with E-state index in [4.69, 9.17) is 4.99 Å². The number of hydrogen-bond acceptors (Lipinski definition) is 3. The third-order valence-electron chi connectivity index (χ3n) is 6.71. The quantitative estimate of drug-likeness (QED) is 0.241. The molecule has 0 saturated heterocycles. The second-order valence-corrected chi connectivity index (χ2v) is 10.7. The van der Waals surface area contributed by atoms with Crippen molar-refractivity contribution in [2.24, 2.45) is 12.0 Å². The van der Waals surface area contributed by atoms with Gasteiger partial charge in [-0.1, -0.05) is 57.9 Å². The number of allylic oxidation sites excluding steroid dienone is 2. The van der Waals surface area contributed by atoms with Crippen molar-refractivity contribution < 1.29 is 0 Å². The molecule has 0 atom stereocenters. The van der Waals surface area contributed by atoms with E-state index in [1.807, 2.05) is 49.0 Å². The van der Waals surface area contributed by atoms with Gasteiger partial charge >= 0.3 is 0 Å². The van der Waals surface area contributed by atoms with Crippen LogP contribution in [0.5, 0.6) is 0 Å². The number of halogens is 1. The number of thiazole rings is 1. The van der Waals surface area contributed by atoms with Gasteiger partial charge in [0.1, 0.15) is 0 Å². The summed E-state index contributed by atoms with van der Waals surface area (Å²) in [6.45, 7) is 2.80. The standard InChI is InChI=1S/C28H29BrN4OS/c1-20-26(27(34)33(31(20)2)24-11-7-4-8-12-24)30-28-32(18-17-21-9-5-3-6-10-21)25(19-35-28)22-13-15-23(29)16-14-22/h4,7-9,11-16,19H,3,5-6,10,17-18H2,1-2H3. The Morgan fingerprint density at radius 1 is 1.06 bits per heavy atom. The van der Waals surface area contributed by atoms with Crippen LogP contribution in [0.4, 0.5) is 5.69 Å². The molecule has 0 fully saturated rings. The SMILES string of the molecule is Cc1c(N=c2scc(-c3ccc(Br)cc3)n2CCC2=CCCCC2)c(=O)n(-c2ccccc2)n1C. The highest BCUT2D eigenvalue weighted by molar-refractivity contribution is 9.10. The summed E-state index contributed by atoms with van der Waals surface area (Å²) in [5.74, 6) is 0. The summed E-state index contributed by atoms with van der Waals surface area (Å²) in [7, 11) is 1.91. The molecule has 35 heavy (non-hydrogen) atoms. The van der Waals surface area contributed by atoms with E-state index in [2.05, 4.69) is 56.2 Å². The van der Waals surface area contributed by atoms with Crippen LogP contribution in [-0.4, -0.2) is 13.9 Å². The number of hydrogen-bond donors (Lipinski definition) is 0. The highest BCUT2D eigenvalue weighted by Crippen LogP contribution is 2.26. The summed E-state index contributed by atoms with van der Waals surface area (Å²) in [5.41, 5.74) is 5.89. The largest absolute Gasteiger partial charge is 0.316 e. The smallest absolute Gasteiger partial charge is 0.297 e. The number of rotatable bonds is 6. The van der Waals surface area contributed by atoms with Crippen molar-refractivity contribution in [3.63, 3.8) is 0 Å². The number of aromatic nitrogens is 3. The van der Waals surface area contributed by atoms with Crippen LogP contribution >= 0.6 is 27.3 Å². The first-order valence-electron chi connectivity index (χ1n) is 12.0. The molecule has 4 aromatic rings. The lowest BCUT2D eigenvalue weighted by Crippen LogP contribution is -2.20. The molecule has 0 bridgehead atoms. The maximum absolute atomic E-state index is 13.5. The normalized spacial score (nSPS) is 14.4. The van der Waals surface area contributed by atoms with Gasteiger partial charge in [0.2, 0.25) is 0 Å². The van der Waals surface area contributed by atoms with Crippen LogP contribution in [0.1, 0.15) is 37.8 Å². The van der Waals surface area contributed by atoms with Gasteiger partial charge in [-0.15, -0.1) is 11.3 Å². The minimum absolute atomic E-state index is 0.101. The van der Waals surface area contributed by atoms with E-state index in [0.717, 1.165) is 44.9 Å². The molecule has 0 saturated carbocycles. The minimum atomic E-state index is -0.101. The molecule has 0 unspecified atom stereocenters. The average Bonchev–Trinajstić information content (AvgIpc) is 3.38. The number of benzene rings is 2. The summed E-state index contributed by atoms with van der Waals surface area (Å²) in [4.78, 5) is 19.3. The van der Waals surface area contributed by atoms with Gasteiger partial charge < -0.3 is 4.57 Å². The predicted molar refractivity (Wildman–Crippen MR) is 148 cm³/mol. The Balaban J connectivity index is 1.62. The molecule has 5 rings (SSSR count). The molecule has 0 radical (unpaired) electrons. The molecule has 1 aliphatic rings. The van der Waals surface area contributed by atoms with Gasteiger partial charge in [0.15, 0.2) is 10.5 Å². The third-order valence-corrected chi connectivity index (χ3v) is 8.10. The Hall–Kier alpha value is -2.90. The second kappa shape index (κ2) is 10.4. The predicted octanol–water partition coefficient (Wildman–Crippen LogP) is 6.90. The van der Waals surface area contributed by atoms with Crippen molar-refractivity contribution in [1.82, 2.24) is 13.9 Å². The Kier molecular flexibility index (Phi) is 7.07. The number of para-hydroxylation sites is 1. The van der Waals surface area contributed by atoms with Crippen molar-refractivity contribution in [1.29, 1.82) is 0 Å². The first kappa shape index (κ1) is 23.8. The Morgan fingerprint density at radius 3 is 2.54 bits per heavy atom. The molecule has 2 heterocycles. The monoisotopic (exact) mass is 548 g/mol. The van der Waals surface area contributed by atoms with Gasteiger partial charge in [0.05, 0.1) is 17.1 Å². The minimum Gasteiger partial charge on any atom is -0.316 e. The van der Waals surface area contributed by atoms with Crippen LogP contribution in [0, 0.1) is 6.92 Å². The fourth-order valence-electron chi connectivity index (χ4n) is 4.65. The van der Waals surface area contributed by atoms with Crippen molar-refractivity contribution in [3.8, 4) is 16.9 Å². The maximum atomic E-state index is 13.5. The van der Waals surface area contributed by atoms with E-state index >= 15 is 0 Å². The van der Waals surface area contributed by atoms with Crippen LogP contribution in [0.25, 0.3) is 16.9 Å². The molecule has 1 aliphatic carbocycles. The van der Waals surface area contributed by atoms with Gasteiger partial charge in [0, 0.05) is 23.4 Å². The molecule has 5 nitrogen and oxygen atoms in total. The molecule has 0 spiro atoms. The zero-order chi connectivity index (χ0) is 24.4. The summed E-state index contributed by atoms with van der Waals surface area (Å²) in [6.07, 6.45) is 8.36. The van der Waals surface area contributed by atoms with Crippen LogP contribution < -0.4 is 10.4 Å². The van der Waals surface area contributed by atoms with Crippen LogP contribution in [-0.2, 0) is 13.6 Å². The van der Waals surface area contributed by atoms with E-state index in [0.29, 0.717) is 5.69 Å². The van der Waals surface area contributed by atoms with Gasteiger partial charge in [0.25, 0.3) is 5.56 Å². The highest BCUT2D eigenvalue weighted by atomic mass is 79.9. The molecular weight excluding hydrogens is 520 g/mol. The van der Waals surface area contributed by atoms with E-state index in [1.54, 1.807) is 16.0 Å². The van der Waals surface area contributed by atoms with Crippen molar-refractivity contribution in [2.45, 2.75) is 45.6 Å². The summed E-state index contributed by atoms with van der Waals surface area (Å²) in [5, 5.41) is 2.16. The summed E-state index contributed by atoms with van der Waals surface area (Å²) >= 11 is 5.14. The highest BCUT2D eigenvalue weighted by Gasteiger charge is 2.17. The van der Waals surface area contributed by atoms with Gasteiger partial charge in [-0.3, -0.25) is 9.48 Å². The third kappa shape index (κ3) is 4.93.